The molecule has 0 radical (unpaired) electrons. The van der Waals surface area contributed by atoms with Crippen molar-refractivity contribution in [3.05, 3.63) is 28.0 Å². The third-order valence-corrected chi connectivity index (χ3v) is 3.13. The molecule has 1 aromatic carbocycles. The summed E-state index contributed by atoms with van der Waals surface area (Å²) >= 11 is 11.7. The zero-order chi connectivity index (χ0) is 13.9. The summed E-state index contributed by atoms with van der Waals surface area (Å²) < 4.78 is 13.0. The van der Waals surface area contributed by atoms with Gasteiger partial charge in [0.15, 0.2) is 0 Å². The number of amides is 1. The van der Waals surface area contributed by atoms with Crippen molar-refractivity contribution in [2.45, 2.75) is 32.2 Å². The summed E-state index contributed by atoms with van der Waals surface area (Å²) in [6.45, 7) is 3.55. The normalized spacial score (nSPS) is 14.1. The minimum atomic E-state index is -1.02. The highest BCUT2D eigenvalue weighted by Gasteiger charge is 2.28. The molecule has 0 aliphatic rings. The third kappa shape index (κ3) is 3.57. The minimum absolute atomic E-state index is 0.0423. The van der Waals surface area contributed by atoms with Gasteiger partial charge in [-0.15, -0.1) is 0 Å². The van der Waals surface area contributed by atoms with Gasteiger partial charge in [-0.2, -0.15) is 0 Å². The van der Waals surface area contributed by atoms with Crippen molar-refractivity contribution in [1.82, 2.24) is 0 Å². The van der Waals surface area contributed by atoms with Gasteiger partial charge < -0.3 is 11.1 Å². The second-order valence-electron chi connectivity index (χ2n) is 4.37. The van der Waals surface area contributed by atoms with Crippen LogP contribution in [0, 0.1) is 5.82 Å². The molecule has 1 aromatic rings. The highest BCUT2D eigenvalue weighted by Crippen LogP contribution is 2.32. The first-order valence-electron chi connectivity index (χ1n) is 5.53. The number of nitrogens with two attached hydrogens (primary N) is 1. The molecule has 0 aromatic heterocycles. The molecule has 0 spiro atoms. The highest BCUT2D eigenvalue weighted by molar-refractivity contribution is 6.39. The predicted molar refractivity (Wildman–Crippen MR) is 72.6 cm³/mol. The Bertz CT molecular complexity index is 440. The average Bonchev–Trinajstić information content (AvgIpc) is 2.22. The van der Waals surface area contributed by atoms with Crippen LogP contribution in [-0.2, 0) is 4.79 Å². The fraction of sp³-hybridized carbons (Fsp3) is 0.417. The number of anilines is 1. The van der Waals surface area contributed by atoms with E-state index in [1.807, 2.05) is 6.92 Å². The molecule has 1 rings (SSSR count). The van der Waals surface area contributed by atoms with Gasteiger partial charge >= 0.3 is 0 Å². The van der Waals surface area contributed by atoms with Gasteiger partial charge in [0.05, 0.1) is 21.3 Å². The van der Waals surface area contributed by atoms with Crippen LogP contribution in [0.25, 0.3) is 0 Å². The molecule has 0 saturated heterocycles. The topological polar surface area (TPSA) is 55.1 Å². The van der Waals surface area contributed by atoms with Crippen LogP contribution >= 0.6 is 23.2 Å². The Morgan fingerprint density at radius 2 is 1.94 bits per heavy atom. The quantitative estimate of drug-likeness (QED) is 0.891. The molecule has 1 atom stereocenters. The lowest BCUT2D eigenvalue weighted by Gasteiger charge is -2.23. The maximum atomic E-state index is 13.0. The van der Waals surface area contributed by atoms with Crippen LogP contribution in [0.5, 0.6) is 0 Å². The number of rotatable bonds is 4. The molecular weight excluding hydrogens is 278 g/mol. The van der Waals surface area contributed by atoms with E-state index < -0.39 is 17.3 Å². The number of halogens is 3. The van der Waals surface area contributed by atoms with Gasteiger partial charge in [-0.25, -0.2) is 4.39 Å². The van der Waals surface area contributed by atoms with Gasteiger partial charge in [-0.05, 0) is 25.5 Å². The molecule has 0 saturated carbocycles. The molecular formula is C12H15Cl2FN2O. The lowest BCUT2D eigenvalue weighted by molar-refractivity contribution is -0.120. The molecule has 1 unspecified atom stereocenters. The van der Waals surface area contributed by atoms with E-state index in [2.05, 4.69) is 5.32 Å². The van der Waals surface area contributed by atoms with Crippen LogP contribution in [0.4, 0.5) is 10.1 Å². The van der Waals surface area contributed by atoms with Crippen molar-refractivity contribution in [2.24, 2.45) is 5.73 Å². The Hall–Kier alpha value is -0.840. The SMILES string of the molecule is CCCC(C)(N)C(=O)Nc1c(Cl)cc(F)cc1Cl. The molecule has 0 fully saturated rings. The van der Waals surface area contributed by atoms with E-state index in [9.17, 15) is 9.18 Å². The number of hydrogen-bond donors (Lipinski definition) is 2. The number of carbonyl (C=O) groups excluding carboxylic acids is 1. The van der Waals surface area contributed by atoms with Gasteiger partial charge in [0.25, 0.3) is 0 Å². The van der Waals surface area contributed by atoms with Crippen LogP contribution in [-0.4, -0.2) is 11.4 Å². The van der Waals surface area contributed by atoms with Crippen LogP contribution in [0.2, 0.25) is 10.0 Å². The summed E-state index contributed by atoms with van der Waals surface area (Å²) in [4.78, 5) is 12.0. The van der Waals surface area contributed by atoms with E-state index in [0.717, 1.165) is 18.6 Å². The molecule has 1 amide bonds. The van der Waals surface area contributed by atoms with E-state index in [4.69, 9.17) is 28.9 Å². The predicted octanol–water partition coefficient (Wildman–Crippen LogP) is 3.59. The fourth-order valence-corrected chi connectivity index (χ4v) is 2.11. The zero-order valence-electron chi connectivity index (χ0n) is 10.2. The molecule has 100 valence electrons. The fourth-order valence-electron chi connectivity index (χ4n) is 1.55. The molecule has 0 aliphatic heterocycles. The monoisotopic (exact) mass is 292 g/mol. The van der Waals surface area contributed by atoms with Crippen LogP contribution in [0.3, 0.4) is 0 Å². The van der Waals surface area contributed by atoms with Crippen molar-refractivity contribution < 1.29 is 9.18 Å². The van der Waals surface area contributed by atoms with Gasteiger partial charge in [0.2, 0.25) is 5.91 Å². The molecule has 18 heavy (non-hydrogen) atoms. The Kier molecular flexibility index (Phi) is 4.96. The largest absolute Gasteiger partial charge is 0.322 e. The number of hydrogen-bond acceptors (Lipinski definition) is 2. The van der Waals surface area contributed by atoms with Crippen molar-refractivity contribution in [3.63, 3.8) is 0 Å². The Morgan fingerprint density at radius 1 is 1.44 bits per heavy atom. The van der Waals surface area contributed by atoms with Crippen molar-refractivity contribution in [2.75, 3.05) is 5.32 Å². The first-order valence-corrected chi connectivity index (χ1v) is 6.28. The van der Waals surface area contributed by atoms with Crippen LogP contribution in [0.1, 0.15) is 26.7 Å². The lowest BCUT2D eigenvalue weighted by Crippen LogP contribution is -2.48. The molecule has 0 aliphatic carbocycles. The Morgan fingerprint density at radius 3 is 2.39 bits per heavy atom. The Balaban J connectivity index is 2.95. The summed E-state index contributed by atoms with van der Waals surface area (Å²) in [5.41, 5.74) is 5.04. The second kappa shape index (κ2) is 5.87. The third-order valence-electron chi connectivity index (χ3n) is 2.53. The molecule has 3 nitrogen and oxygen atoms in total. The summed E-state index contributed by atoms with van der Waals surface area (Å²) in [5.74, 6) is -0.966. The molecule has 6 heteroatoms. The second-order valence-corrected chi connectivity index (χ2v) is 5.18. The molecule has 3 N–H and O–H groups in total. The molecule has 0 heterocycles. The first kappa shape index (κ1) is 15.2. The van der Waals surface area contributed by atoms with Crippen LogP contribution < -0.4 is 11.1 Å². The van der Waals surface area contributed by atoms with Crippen molar-refractivity contribution >= 4 is 34.8 Å². The standard InChI is InChI=1S/C12H15Cl2FN2O/c1-3-4-12(2,16)11(18)17-10-8(13)5-7(15)6-9(10)14/h5-6H,3-4,16H2,1-2H3,(H,17,18). The summed E-state index contributed by atoms with van der Waals surface area (Å²) in [7, 11) is 0. The molecule has 0 bridgehead atoms. The zero-order valence-corrected chi connectivity index (χ0v) is 11.7. The summed E-state index contributed by atoms with van der Waals surface area (Å²) in [6, 6.07) is 2.16. The number of nitrogens with one attached hydrogen (secondary N) is 1. The summed E-state index contributed by atoms with van der Waals surface area (Å²) in [6.07, 6.45) is 1.29. The van der Waals surface area contributed by atoms with Gasteiger partial charge in [0.1, 0.15) is 5.82 Å². The first-order chi connectivity index (χ1) is 8.27. The average molecular weight is 293 g/mol. The number of benzene rings is 1. The van der Waals surface area contributed by atoms with Crippen LogP contribution in [0.15, 0.2) is 12.1 Å². The van der Waals surface area contributed by atoms with Gasteiger partial charge in [0, 0.05) is 0 Å². The smallest absolute Gasteiger partial charge is 0.244 e. The van der Waals surface area contributed by atoms with E-state index in [1.165, 1.54) is 0 Å². The number of carbonyl (C=O) groups is 1. The van der Waals surface area contributed by atoms with Crippen molar-refractivity contribution in [1.29, 1.82) is 0 Å². The van der Waals surface area contributed by atoms with Gasteiger partial charge in [-0.3, -0.25) is 4.79 Å². The highest BCUT2D eigenvalue weighted by atomic mass is 35.5. The van der Waals surface area contributed by atoms with E-state index >= 15 is 0 Å². The maximum absolute atomic E-state index is 13.0. The lowest BCUT2D eigenvalue weighted by atomic mass is 9.96. The van der Waals surface area contributed by atoms with Gasteiger partial charge in [-0.1, -0.05) is 36.5 Å². The van der Waals surface area contributed by atoms with E-state index in [1.54, 1.807) is 6.92 Å². The Labute approximate surface area is 115 Å². The van der Waals surface area contributed by atoms with E-state index in [0.29, 0.717) is 6.42 Å². The van der Waals surface area contributed by atoms with Crippen molar-refractivity contribution in [3.8, 4) is 0 Å². The minimum Gasteiger partial charge on any atom is -0.322 e. The summed E-state index contributed by atoms with van der Waals surface area (Å²) in [5, 5.41) is 2.62. The van der Waals surface area contributed by atoms with E-state index in [-0.39, 0.29) is 15.7 Å². The maximum Gasteiger partial charge on any atom is 0.244 e.